The van der Waals surface area contributed by atoms with Gasteiger partial charge in [0.05, 0.1) is 6.21 Å². The molecule has 3 N–H and O–H groups in total. The quantitative estimate of drug-likeness (QED) is 0.479. The monoisotopic (exact) mass is 328 g/mol. The second-order valence-electron chi connectivity index (χ2n) is 5.10. The Kier molecular flexibility index (Phi) is 3.90. The maximum atomic E-state index is 12.1. The van der Waals surface area contributed by atoms with Crippen LogP contribution in [0.4, 0.5) is 5.95 Å². The van der Waals surface area contributed by atoms with E-state index in [2.05, 4.69) is 20.5 Å². The first-order valence-corrected chi connectivity index (χ1v) is 7.29. The lowest BCUT2D eigenvalue weighted by molar-refractivity contribution is 0.474. The van der Waals surface area contributed by atoms with E-state index in [1.807, 2.05) is 6.92 Å². The van der Waals surface area contributed by atoms with E-state index < -0.39 is 11.2 Å². The van der Waals surface area contributed by atoms with Crippen LogP contribution >= 0.6 is 0 Å². The molecule has 2 aromatic heterocycles. The first-order valence-electron chi connectivity index (χ1n) is 7.29. The Morgan fingerprint density at radius 1 is 1.38 bits per heavy atom. The van der Waals surface area contributed by atoms with Crippen molar-refractivity contribution >= 4 is 23.3 Å². The number of phenols is 1. The Hall–Kier alpha value is -3.36. The van der Waals surface area contributed by atoms with Gasteiger partial charge in [0.2, 0.25) is 5.95 Å². The molecular formula is C15H16N6O3. The average molecular weight is 328 g/mol. The molecule has 0 amide bonds. The van der Waals surface area contributed by atoms with Crippen LogP contribution in [-0.2, 0) is 13.6 Å². The zero-order chi connectivity index (χ0) is 17.3. The summed E-state index contributed by atoms with van der Waals surface area (Å²) < 4.78 is 2.89. The zero-order valence-corrected chi connectivity index (χ0v) is 13.1. The predicted octanol–water partition coefficient (Wildman–Crippen LogP) is 0.595. The standard InChI is InChI=1S/C15H16N6O3/c1-3-21-11-12(20(2)15(24)18-13(11)23)17-14(21)19-16-8-9-6-4-5-7-10(9)22/h4-8,22H,3H2,1-2H3,(H,17,19)(H,18,23,24). The number of rotatable bonds is 4. The number of phenolic OH excluding ortho intramolecular Hbond substituents is 1. The molecule has 0 radical (unpaired) electrons. The van der Waals surface area contributed by atoms with E-state index in [0.29, 0.717) is 23.6 Å². The SMILES string of the molecule is CCn1c(NN=Cc2ccccc2O)nc2c1c(=O)[nH]c(=O)n2C. The molecule has 24 heavy (non-hydrogen) atoms. The molecule has 0 aliphatic heterocycles. The number of benzene rings is 1. The fraction of sp³-hybridized carbons (Fsp3) is 0.200. The summed E-state index contributed by atoms with van der Waals surface area (Å²) in [4.78, 5) is 30.3. The van der Waals surface area contributed by atoms with Crippen molar-refractivity contribution in [2.45, 2.75) is 13.5 Å². The van der Waals surface area contributed by atoms with Gasteiger partial charge in [-0.15, -0.1) is 0 Å². The molecule has 0 aliphatic rings. The number of aryl methyl sites for hydroxylation is 2. The molecule has 0 saturated heterocycles. The summed E-state index contributed by atoms with van der Waals surface area (Å²) in [7, 11) is 1.53. The fourth-order valence-electron chi connectivity index (χ4n) is 2.38. The van der Waals surface area contributed by atoms with Gasteiger partial charge >= 0.3 is 5.69 Å². The molecule has 1 aromatic carbocycles. The van der Waals surface area contributed by atoms with Gasteiger partial charge in [0, 0.05) is 19.2 Å². The molecule has 0 fully saturated rings. The number of imidazole rings is 1. The highest BCUT2D eigenvalue weighted by Crippen LogP contribution is 2.16. The number of nitrogens with zero attached hydrogens (tertiary/aromatic N) is 4. The maximum Gasteiger partial charge on any atom is 0.329 e. The Morgan fingerprint density at radius 2 is 2.12 bits per heavy atom. The van der Waals surface area contributed by atoms with Crippen molar-refractivity contribution in [2.75, 3.05) is 5.43 Å². The third-order valence-corrected chi connectivity index (χ3v) is 3.63. The number of hydrogen-bond acceptors (Lipinski definition) is 6. The Labute approximate surface area is 135 Å². The maximum absolute atomic E-state index is 12.1. The van der Waals surface area contributed by atoms with Gasteiger partial charge in [0.1, 0.15) is 5.75 Å². The first-order chi connectivity index (χ1) is 11.5. The molecule has 0 atom stereocenters. The molecule has 9 heteroatoms. The van der Waals surface area contributed by atoms with Crippen molar-refractivity contribution in [3.8, 4) is 5.75 Å². The lowest BCUT2D eigenvalue weighted by atomic mass is 10.2. The number of aromatic amines is 1. The van der Waals surface area contributed by atoms with Crippen molar-refractivity contribution < 1.29 is 5.11 Å². The van der Waals surface area contributed by atoms with Crippen molar-refractivity contribution in [2.24, 2.45) is 12.1 Å². The van der Waals surface area contributed by atoms with E-state index in [-0.39, 0.29) is 11.4 Å². The average Bonchev–Trinajstić information content (AvgIpc) is 2.94. The first kappa shape index (κ1) is 15.5. The molecule has 0 spiro atoms. The van der Waals surface area contributed by atoms with E-state index in [9.17, 15) is 14.7 Å². The molecule has 124 valence electrons. The van der Waals surface area contributed by atoms with Crippen LogP contribution in [0.1, 0.15) is 12.5 Å². The number of fused-ring (bicyclic) bond motifs is 1. The second-order valence-corrected chi connectivity index (χ2v) is 5.10. The van der Waals surface area contributed by atoms with Crippen LogP contribution in [0.25, 0.3) is 11.2 Å². The van der Waals surface area contributed by atoms with Crippen LogP contribution < -0.4 is 16.7 Å². The number of aromatic hydroxyl groups is 1. The lowest BCUT2D eigenvalue weighted by Crippen LogP contribution is -2.29. The molecule has 3 rings (SSSR count). The summed E-state index contributed by atoms with van der Waals surface area (Å²) in [6.45, 7) is 2.32. The molecule has 0 unspecified atom stereocenters. The summed E-state index contributed by atoms with van der Waals surface area (Å²) in [5.74, 6) is 0.428. The van der Waals surface area contributed by atoms with Crippen molar-refractivity contribution in [1.29, 1.82) is 0 Å². The summed E-state index contributed by atoms with van der Waals surface area (Å²) in [5, 5.41) is 13.7. The molecule has 3 aromatic rings. The van der Waals surface area contributed by atoms with Crippen LogP contribution in [0.5, 0.6) is 5.75 Å². The van der Waals surface area contributed by atoms with E-state index in [1.54, 1.807) is 28.8 Å². The number of aromatic nitrogens is 4. The number of para-hydroxylation sites is 1. The third kappa shape index (κ3) is 2.56. The van der Waals surface area contributed by atoms with Crippen LogP contribution in [0.15, 0.2) is 39.0 Å². The summed E-state index contributed by atoms with van der Waals surface area (Å²) in [6, 6.07) is 6.75. The lowest BCUT2D eigenvalue weighted by Gasteiger charge is -2.04. The molecular weight excluding hydrogens is 312 g/mol. The summed E-state index contributed by atoms with van der Waals surface area (Å²) in [5.41, 5.74) is 2.81. The smallest absolute Gasteiger partial charge is 0.329 e. The Bertz CT molecular complexity index is 1040. The highest BCUT2D eigenvalue weighted by Gasteiger charge is 2.15. The number of anilines is 1. The number of nitrogens with one attached hydrogen (secondary N) is 2. The largest absolute Gasteiger partial charge is 0.507 e. The van der Waals surface area contributed by atoms with Crippen LogP contribution in [0, 0.1) is 0 Å². The van der Waals surface area contributed by atoms with Gasteiger partial charge in [0.25, 0.3) is 5.56 Å². The van der Waals surface area contributed by atoms with Gasteiger partial charge in [-0.3, -0.25) is 14.3 Å². The van der Waals surface area contributed by atoms with Crippen molar-refractivity contribution in [3.63, 3.8) is 0 Å². The van der Waals surface area contributed by atoms with Crippen LogP contribution in [-0.4, -0.2) is 30.4 Å². The highest BCUT2D eigenvalue weighted by molar-refractivity contribution is 5.83. The third-order valence-electron chi connectivity index (χ3n) is 3.63. The normalized spacial score (nSPS) is 11.4. The number of H-pyrrole nitrogens is 1. The Balaban J connectivity index is 2.03. The van der Waals surface area contributed by atoms with Crippen LogP contribution in [0.2, 0.25) is 0 Å². The van der Waals surface area contributed by atoms with E-state index in [4.69, 9.17) is 0 Å². The minimum absolute atomic E-state index is 0.103. The predicted molar refractivity (Wildman–Crippen MR) is 90.6 cm³/mol. The topological polar surface area (TPSA) is 117 Å². The highest BCUT2D eigenvalue weighted by atomic mass is 16.3. The van der Waals surface area contributed by atoms with E-state index >= 15 is 0 Å². The van der Waals surface area contributed by atoms with Gasteiger partial charge in [-0.1, -0.05) is 12.1 Å². The van der Waals surface area contributed by atoms with Gasteiger partial charge in [-0.2, -0.15) is 10.1 Å². The molecule has 0 saturated carbocycles. The molecule has 0 aliphatic carbocycles. The van der Waals surface area contributed by atoms with Gasteiger partial charge in [0.15, 0.2) is 11.2 Å². The molecule has 2 heterocycles. The van der Waals surface area contributed by atoms with E-state index in [1.165, 1.54) is 17.8 Å². The van der Waals surface area contributed by atoms with Gasteiger partial charge in [-0.25, -0.2) is 10.2 Å². The minimum Gasteiger partial charge on any atom is -0.507 e. The summed E-state index contributed by atoms with van der Waals surface area (Å²) in [6.07, 6.45) is 1.44. The van der Waals surface area contributed by atoms with Gasteiger partial charge < -0.3 is 9.67 Å². The van der Waals surface area contributed by atoms with Crippen molar-refractivity contribution in [3.05, 3.63) is 50.7 Å². The number of hydrazone groups is 1. The van der Waals surface area contributed by atoms with Crippen molar-refractivity contribution in [1.82, 2.24) is 19.1 Å². The molecule has 0 bridgehead atoms. The second kappa shape index (κ2) is 6.03. The Morgan fingerprint density at radius 3 is 2.83 bits per heavy atom. The van der Waals surface area contributed by atoms with E-state index in [0.717, 1.165) is 0 Å². The zero-order valence-electron chi connectivity index (χ0n) is 13.1. The minimum atomic E-state index is -0.530. The molecule has 9 nitrogen and oxygen atoms in total. The fourth-order valence-corrected chi connectivity index (χ4v) is 2.38. The number of hydrogen-bond donors (Lipinski definition) is 3. The van der Waals surface area contributed by atoms with Crippen LogP contribution in [0.3, 0.4) is 0 Å². The summed E-state index contributed by atoms with van der Waals surface area (Å²) >= 11 is 0. The van der Waals surface area contributed by atoms with Gasteiger partial charge in [-0.05, 0) is 19.1 Å².